The number of benzene rings is 1. The van der Waals surface area contributed by atoms with Gasteiger partial charge in [-0.05, 0) is 24.6 Å². The molecular formula is C17H18N4O. The zero-order chi connectivity index (χ0) is 14.9. The lowest BCUT2D eigenvalue weighted by Crippen LogP contribution is -2.37. The maximum absolute atomic E-state index is 5.39. The Morgan fingerprint density at radius 1 is 1.09 bits per heavy atom. The van der Waals surface area contributed by atoms with Crippen LogP contribution in [0.3, 0.4) is 0 Å². The Morgan fingerprint density at radius 3 is 2.77 bits per heavy atom. The monoisotopic (exact) mass is 294 g/mol. The van der Waals surface area contributed by atoms with E-state index >= 15 is 0 Å². The average molecular weight is 294 g/mol. The number of para-hydroxylation sites is 1. The number of hydrogen-bond acceptors (Lipinski definition) is 4. The zero-order valence-corrected chi connectivity index (χ0v) is 12.6. The minimum atomic E-state index is 0.735. The summed E-state index contributed by atoms with van der Waals surface area (Å²) in [6.07, 6.45) is 3.97. The summed E-state index contributed by atoms with van der Waals surface area (Å²) in [5.41, 5.74) is 2.42. The van der Waals surface area contributed by atoms with E-state index in [9.17, 15) is 0 Å². The first-order chi connectivity index (χ1) is 10.8. The minimum Gasteiger partial charge on any atom is -0.378 e. The van der Waals surface area contributed by atoms with Crippen LogP contribution in [-0.4, -0.2) is 40.8 Å². The van der Waals surface area contributed by atoms with Crippen LogP contribution < -0.4 is 4.90 Å². The second-order valence-electron chi connectivity index (χ2n) is 5.51. The van der Waals surface area contributed by atoms with Crippen molar-refractivity contribution >= 4 is 16.9 Å². The van der Waals surface area contributed by atoms with Crippen LogP contribution in [0.15, 0.2) is 42.7 Å². The van der Waals surface area contributed by atoms with Crippen LogP contribution in [0.2, 0.25) is 0 Å². The molecule has 0 unspecified atom stereocenters. The maximum Gasteiger partial charge on any atom is 0.227 e. The first-order valence-electron chi connectivity index (χ1n) is 7.56. The van der Waals surface area contributed by atoms with Crippen LogP contribution in [0.1, 0.15) is 5.56 Å². The first kappa shape index (κ1) is 13.3. The third-order valence-corrected chi connectivity index (χ3v) is 4.08. The normalized spacial score (nSPS) is 15.4. The third-order valence-electron chi connectivity index (χ3n) is 4.08. The molecule has 5 nitrogen and oxygen atoms in total. The van der Waals surface area contributed by atoms with Crippen molar-refractivity contribution in [2.24, 2.45) is 0 Å². The Labute approximate surface area is 129 Å². The predicted octanol–water partition coefficient (Wildman–Crippen LogP) is 2.57. The molecular weight excluding hydrogens is 276 g/mol. The Balaban J connectivity index is 1.78. The number of aromatic nitrogens is 3. The van der Waals surface area contributed by atoms with Crippen LogP contribution in [0.25, 0.3) is 16.7 Å². The standard InChI is InChI=1S/C17H18N4O/c1-13-12-21(15-5-3-2-4-14(13)15)16-6-7-18-17(19-16)20-8-10-22-11-9-20/h2-7,12H,8-11H2,1H3. The highest BCUT2D eigenvalue weighted by Crippen LogP contribution is 2.24. The highest BCUT2D eigenvalue weighted by atomic mass is 16.5. The van der Waals surface area contributed by atoms with Crippen LogP contribution in [0, 0.1) is 6.92 Å². The van der Waals surface area contributed by atoms with Gasteiger partial charge in [0.05, 0.1) is 18.7 Å². The van der Waals surface area contributed by atoms with E-state index in [-0.39, 0.29) is 0 Å². The number of aryl methyl sites for hydroxylation is 1. The molecule has 2 aromatic heterocycles. The van der Waals surface area contributed by atoms with Crippen molar-refractivity contribution in [2.75, 3.05) is 31.2 Å². The highest BCUT2D eigenvalue weighted by Gasteiger charge is 2.15. The smallest absolute Gasteiger partial charge is 0.227 e. The van der Waals surface area contributed by atoms with Gasteiger partial charge in [-0.1, -0.05) is 18.2 Å². The Hall–Kier alpha value is -2.40. The molecule has 0 N–H and O–H groups in total. The van der Waals surface area contributed by atoms with Gasteiger partial charge in [0, 0.05) is 30.9 Å². The van der Waals surface area contributed by atoms with E-state index in [0.717, 1.165) is 38.1 Å². The van der Waals surface area contributed by atoms with Crippen molar-refractivity contribution in [1.82, 2.24) is 14.5 Å². The molecule has 0 aliphatic carbocycles. The molecule has 3 heterocycles. The van der Waals surface area contributed by atoms with Crippen LogP contribution >= 0.6 is 0 Å². The number of nitrogens with zero attached hydrogens (tertiary/aromatic N) is 4. The number of rotatable bonds is 2. The first-order valence-corrected chi connectivity index (χ1v) is 7.56. The molecule has 1 saturated heterocycles. The molecule has 1 aromatic carbocycles. The molecule has 0 radical (unpaired) electrons. The lowest BCUT2D eigenvalue weighted by Gasteiger charge is -2.26. The number of morpholine rings is 1. The SMILES string of the molecule is Cc1cn(-c2ccnc(N3CCOCC3)n2)c2ccccc12. The molecule has 0 spiro atoms. The molecule has 22 heavy (non-hydrogen) atoms. The number of anilines is 1. The molecule has 0 bridgehead atoms. The van der Waals surface area contributed by atoms with Crippen molar-refractivity contribution in [3.63, 3.8) is 0 Å². The number of ether oxygens (including phenoxy) is 1. The van der Waals surface area contributed by atoms with E-state index in [0.29, 0.717) is 0 Å². The van der Waals surface area contributed by atoms with E-state index in [1.54, 1.807) is 0 Å². The quantitative estimate of drug-likeness (QED) is 0.728. The molecule has 0 atom stereocenters. The lowest BCUT2D eigenvalue weighted by atomic mass is 10.2. The second kappa shape index (κ2) is 5.42. The Bertz CT molecular complexity index is 805. The van der Waals surface area contributed by atoms with Crippen LogP contribution in [0.5, 0.6) is 0 Å². The lowest BCUT2D eigenvalue weighted by molar-refractivity contribution is 0.122. The van der Waals surface area contributed by atoms with Gasteiger partial charge in [0.1, 0.15) is 5.82 Å². The molecule has 1 aliphatic heterocycles. The Morgan fingerprint density at radius 2 is 1.91 bits per heavy atom. The Kier molecular flexibility index (Phi) is 3.27. The highest BCUT2D eigenvalue weighted by molar-refractivity contribution is 5.85. The van der Waals surface area contributed by atoms with Gasteiger partial charge in [-0.2, -0.15) is 4.98 Å². The molecule has 0 amide bonds. The number of fused-ring (bicyclic) bond motifs is 1. The average Bonchev–Trinajstić information content (AvgIpc) is 2.93. The van der Waals surface area contributed by atoms with Crippen molar-refractivity contribution < 1.29 is 4.74 Å². The van der Waals surface area contributed by atoms with E-state index in [1.807, 2.05) is 12.3 Å². The van der Waals surface area contributed by atoms with Gasteiger partial charge in [0.2, 0.25) is 5.95 Å². The molecule has 112 valence electrons. The summed E-state index contributed by atoms with van der Waals surface area (Å²) in [7, 11) is 0. The molecule has 1 fully saturated rings. The van der Waals surface area contributed by atoms with Crippen molar-refractivity contribution in [3.8, 4) is 5.82 Å². The molecule has 5 heteroatoms. The second-order valence-corrected chi connectivity index (χ2v) is 5.51. The topological polar surface area (TPSA) is 43.2 Å². The van der Waals surface area contributed by atoms with Gasteiger partial charge in [-0.15, -0.1) is 0 Å². The van der Waals surface area contributed by atoms with Gasteiger partial charge < -0.3 is 14.2 Å². The maximum atomic E-state index is 5.39. The summed E-state index contributed by atoms with van der Waals surface area (Å²) < 4.78 is 7.53. The zero-order valence-electron chi connectivity index (χ0n) is 12.6. The number of hydrogen-bond donors (Lipinski definition) is 0. The molecule has 3 aromatic rings. The predicted molar refractivity (Wildman–Crippen MR) is 86.6 cm³/mol. The van der Waals surface area contributed by atoms with Gasteiger partial charge in [0.15, 0.2) is 0 Å². The largest absolute Gasteiger partial charge is 0.378 e. The minimum absolute atomic E-state index is 0.735. The molecule has 1 aliphatic rings. The van der Waals surface area contributed by atoms with Gasteiger partial charge in [-0.3, -0.25) is 0 Å². The molecule has 0 saturated carbocycles. The third kappa shape index (κ3) is 2.23. The fourth-order valence-corrected chi connectivity index (χ4v) is 2.93. The van der Waals surface area contributed by atoms with E-state index < -0.39 is 0 Å². The summed E-state index contributed by atoms with van der Waals surface area (Å²) in [6.45, 7) is 5.28. The van der Waals surface area contributed by atoms with Crippen LogP contribution in [0.4, 0.5) is 5.95 Å². The summed E-state index contributed by atoms with van der Waals surface area (Å²) in [5, 5.41) is 1.26. The van der Waals surface area contributed by atoms with Gasteiger partial charge in [-0.25, -0.2) is 4.98 Å². The van der Waals surface area contributed by atoms with E-state index in [4.69, 9.17) is 9.72 Å². The molecule has 4 rings (SSSR count). The van der Waals surface area contributed by atoms with Crippen molar-refractivity contribution in [2.45, 2.75) is 6.92 Å². The van der Waals surface area contributed by atoms with Crippen LogP contribution in [-0.2, 0) is 4.74 Å². The van der Waals surface area contributed by atoms with E-state index in [1.165, 1.54) is 16.5 Å². The summed E-state index contributed by atoms with van der Waals surface area (Å²) >= 11 is 0. The van der Waals surface area contributed by atoms with Crippen molar-refractivity contribution in [1.29, 1.82) is 0 Å². The summed E-state index contributed by atoms with van der Waals surface area (Å²) in [6, 6.07) is 10.3. The fraction of sp³-hybridized carbons (Fsp3) is 0.294. The summed E-state index contributed by atoms with van der Waals surface area (Å²) in [5.74, 6) is 1.68. The summed E-state index contributed by atoms with van der Waals surface area (Å²) in [4.78, 5) is 11.3. The van der Waals surface area contributed by atoms with E-state index in [2.05, 4.69) is 51.8 Å². The fourth-order valence-electron chi connectivity index (χ4n) is 2.93. The van der Waals surface area contributed by atoms with Gasteiger partial charge >= 0.3 is 0 Å². The van der Waals surface area contributed by atoms with Crippen molar-refractivity contribution in [3.05, 3.63) is 48.3 Å². The van der Waals surface area contributed by atoms with Gasteiger partial charge in [0.25, 0.3) is 0 Å².